The molecular weight excluding hydrogens is 340 g/mol. The number of carbonyl (C=O) groups is 1. The van der Waals surface area contributed by atoms with E-state index in [2.05, 4.69) is 46.3 Å². The van der Waals surface area contributed by atoms with E-state index in [0.29, 0.717) is 18.3 Å². The van der Waals surface area contributed by atoms with Crippen LogP contribution in [0.3, 0.4) is 0 Å². The number of rotatable bonds is 5. The van der Waals surface area contributed by atoms with Crippen LogP contribution in [0.2, 0.25) is 0 Å². The molecule has 2 aliphatic rings. The Morgan fingerprint density at radius 1 is 1.30 bits per heavy atom. The second-order valence-electron chi connectivity index (χ2n) is 7.87. The Kier molecular flexibility index (Phi) is 5.27. The van der Waals surface area contributed by atoms with E-state index < -0.39 is 0 Å². The topological polar surface area (TPSA) is 52.8 Å². The molecule has 1 fully saturated rings. The smallest absolute Gasteiger partial charge is 0.275 e. The average Bonchev–Trinajstić information content (AvgIpc) is 3.30. The van der Waals surface area contributed by atoms with Gasteiger partial charge in [0, 0.05) is 38.8 Å². The highest BCUT2D eigenvalue weighted by Gasteiger charge is 2.26. The fourth-order valence-corrected chi connectivity index (χ4v) is 4.20. The Labute approximate surface area is 160 Å². The van der Waals surface area contributed by atoms with Crippen molar-refractivity contribution in [3.05, 3.63) is 52.9 Å². The Hall–Kier alpha value is -2.18. The van der Waals surface area contributed by atoms with Crippen molar-refractivity contribution in [2.75, 3.05) is 33.7 Å². The van der Waals surface area contributed by atoms with Gasteiger partial charge in [0.25, 0.3) is 5.91 Å². The summed E-state index contributed by atoms with van der Waals surface area (Å²) in [7, 11) is 3.98. The molecule has 27 heavy (non-hydrogen) atoms. The van der Waals surface area contributed by atoms with E-state index in [1.165, 1.54) is 17.5 Å². The van der Waals surface area contributed by atoms with Crippen LogP contribution >= 0.6 is 0 Å². The molecule has 1 aromatic carbocycles. The first-order valence-electron chi connectivity index (χ1n) is 9.80. The molecule has 1 atom stereocenters. The summed E-state index contributed by atoms with van der Waals surface area (Å²) >= 11 is 0. The predicted octanol–water partition coefficient (Wildman–Crippen LogP) is 2.40. The van der Waals surface area contributed by atoms with Crippen LogP contribution in [-0.4, -0.2) is 65.5 Å². The number of aromatic nitrogens is 1. The first-order valence-corrected chi connectivity index (χ1v) is 9.80. The Balaban J connectivity index is 1.35. The van der Waals surface area contributed by atoms with Gasteiger partial charge in [-0.25, -0.2) is 0 Å². The van der Waals surface area contributed by atoms with Crippen LogP contribution in [0, 0.1) is 0 Å². The lowest BCUT2D eigenvalue weighted by Crippen LogP contribution is -2.39. The molecule has 3 heterocycles. The summed E-state index contributed by atoms with van der Waals surface area (Å²) in [6.45, 7) is 4.44. The van der Waals surface area contributed by atoms with Gasteiger partial charge in [-0.2, -0.15) is 0 Å². The van der Waals surface area contributed by atoms with Crippen LogP contribution in [-0.2, 0) is 19.5 Å². The third kappa shape index (κ3) is 4.06. The zero-order valence-corrected chi connectivity index (χ0v) is 16.2. The van der Waals surface area contributed by atoms with Gasteiger partial charge in [0.15, 0.2) is 11.5 Å². The van der Waals surface area contributed by atoms with E-state index in [0.717, 1.165) is 44.8 Å². The van der Waals surface area contributed by atoms with Crippen LogP contribution in [0.5, 0.6) is 0 Å². The summed E-state index contributed by atoms with van der Waals surface area (Å²) < 4.78 is 5.47. The van der Waals surface area contributed by atoms with E-state index in [9.17, 15) is 4.79 Å². The standard InChI is InChI=1S/C21H28N4O2/c1-23-10-5-8-18(23)14-24(2)21(26)20-12-19(27-22-20)15-25-11-9-16-6-3-4-7-17(16)13-25/h3-4,6-7,12,18H,5,8-11,13-15H2,1-2H3. The van der Waals surface area contributed by atoms with Crippen molar-refractivity contribution in [1.29, 1.82) is 0 Å². The highest BCUT2D eigenvalue weighted by atomic mass is 16.5. The van der Waals surface area contributed by atoms with Crippen molar-refractivity contribution in [2.24, 2.45) is 0 Å². The maximum absolute atomic E-state index is 12.7. The van der Waals surface area contributed by atoms with Crippen molar-refractivity contribution in [2.45, 2.75) is 38.4 Å². The van der Waals surface area contributed by atoms with Crippen LogP contribution < -0.4 is 0 Å². The highest BCUT2D eigenvalue weighted by molar-refractivity contribution is 5.92. The van der Waals surface area contributed by atoms with E-state index in [-0.39, 0.29) is 5.91 Å². The number of benzene rings is 1. The molecule has 0 aliphatic carbocycles. The third-order valence-corrected chi connectivity index (χ3v) is 5.87. The maximum Gasteiger partial charge on any atom is 0.275 e. The number of hydrogen-bond acceptors (Lipinski definition) is 5. The molecule has 4 rings (SSSR count). The van der Waals surface area contributed by atoms with Gasteiger partial charge >= 0.3 is 0 Å². The normalized spacial score (nSPS) is 20.6. The number of likely N-dealkylation sites (tertiary alicyclic amines) is 1. The SMILES string of the molecule is CN(CC1CCCN1C)C(=O)c1cc(CN2CCc3ccccc3C2)on1. The summed E-state index contributed by atoms with van der Waals surface area (Å²) in [6, 6.07) is 10.8. The molecule has 0 bridgehead atoms. The van der Waals surface area contributed by atoms with E-state index in [1.54, 1.807) is 11.0 Å². The van der Waals surface area contributed by atoms with Gasteiger partial charge in [-0.1, -0.05) is 29.4 Å². The van der Waals surface area contributed by atoms with Crippen molar-refractivity contribution in [3.63, 3.8) is 0 Å². The molecule has 0 saturated carbocycles. The largest absolute Gasteiger partial charge is 0.359 e. The van der Waals surface area contributed by atoms with Crippen LogP contribution in [0.4, 0.5) is 0 Å². The van der Waals surface area contributed by atoms with E-state index >= 15 is 0 Å². The molecule has 0 N–H and O–H groups in total. The zero-order chi connectivity index (χ0) is 18.8. The Bertz CT molecular complexity index is 803. The maximum atomic E-state index is 12.7. The second kappa shape index (κ2) is 7.82. The van der Waals surface area contributed by atoms with Gasteiger partial charge in [-0.05, 0) is 44.0 Å². The molecule has 0 spiro atoms. The molecule has 1 saturated heterocycles. The summed E-state index contributed by atoms with van der Waals surface area (Å²) in [6.07, 6.45) is 3.40. The van der Waals surface area contributed by atoms with Crippen molar-refractivity contribution in [1.82, 2.24) is 19.9 Å². The third-order valence-electron chi connectivity index (χ3n) is 5.87. The van der Waals surface area contributed by atoms with Gasteiger partial charge < -0.3 is 14.3 Å². The number of carbonyl (C=O) groups excluding carboxylic acids is 1. The van der Waals surface area contributed by atoms with Gasteiger partial charge in [0.05, 0.1) is 6.54 Å². The summed E-state index contributed by atoms with van der Waals surface area (Å²) in [4.78, 5) is 19.1. The summed E-state index contributed by atoms with van der Waals surface area (Å²) in [5.41, 5.74) is 3.21. The minimum Gasteiger partial charge on any atom is -0.359 e. The molecule has 0 radical (unpaired) electrons. The van der Waals surface area contributed by atoms with Crippen LogP contribution in [0.1, 0.15) is 40.2 Å². The lowest BCUT2D eigenvalue weighted by molar-refractivity contribution is 0.0751. The molecule has 1 aromatic heterocycles. The van der Waals surface area contributed by atoms with E-state index in [4.69, 9.17) is 4.52 Å². The number of hydrogen-bond donors (Lipinski definition) is 0. The van der Waals surface area contributed by atoms with Crippen LogP contribution in [0.25, 0.3) is 0 Å². The predicted molar refractivity (Wildman–Crippen MR) is 103 cm³/mol. The summed E-state index contributed by atoms with van der Waals surface area (Å²) in [5.74, 6) is 0.693. The number of fused-ring (bicyclic) bond motifs is 1. The number of amides is 1. The molecular formula is C21H28N4O2. The number of nitrogens with zero attached hydrogens (tertiary/aromatic N) is 4. The van der Waals surface area contributed by atoms with Crippen molar-refractivity contribution in [3.8, 4) is 0 Å². The van der Waals surface area contributed by atoms with Crippen molar-refractivity contribution < 1.29 is 9.32 Å². The minimum atomic E-state index is -0.0608. The quantitative estimate of drug-likeness (QED) is 0.811. The lowest BCUT2D eigenvalue weighted by Gasteiger charge is -2.27. The zero-order valence-electron chi connectivity index (χ0n) is 16.2. The molecule has 2 aliphatic heterocycles. The monoisotopic (exact) mass is 368 g/mol. The van der Waals surface area contributed by atoms with Crippen LogP contribution in [0.15, 0.2) is 34.9 Å². The molecule has 1 amide bonds. The van der Waals surface area contributed by atoms with Gasteiger partial charge in [0.1, 0.15) is 0 Å². The summed E-state index contributed by atoms with van der Waals surface area (Å²) in [5, 5.41) is 4.03. The second-order valence-corrected chi connectivity index (χ2v) is 7.87. The number of likely N-dealkylation sites (N-methyl/N-ethyl adjacent to an activating group) is 2. The van der Waals surface area contributed by atoms with Gasteiger partial charge in [-0.15, -0.1) is 0 Å². The lowest BCUT2D eigenvalue weighted by atomic mass is 10.00. The van der Waals surface area contributed by atoms with Gasteiger partial charge in [-0.3, -0.25) is 9.69 Å². The molecule has 6 nitrogen and oxygen atoms in total. The molecule has 144 valence electrons. The Morgan fingerprint density at radius 3 is 2.89 bits per heavy atom. The first-order chi connectivity index (χ1) is 13.1. The van der Waals surface area contributed by atoms with E-state index in [1.807, 2.05) is 7.05 Å². The molecule has 2 aromatic rings. The average molecular weight is 368 g/mol. The first kappa shape index (κ1) is 18.2. The van der Waals surface area contributed by atoms with Gasteiger partial charge in [0.2, 0.25) is 0 Å². The Morgan fingerprint density at radius 2 is 2.11 bits per heavy atom. The molecule has 1 unspecified atom stereocenters. The minimum absolute atomic E-state index is 0.0608. The fourth-order valence-electron chi connectivity index (χ4n) is 4.20. The fraction of sp³-hybridized carbons (Fsp3) is 0.524. The van der Waals surface area contributed by atoms with Crippen molar-refractivity contribution >= 4 is 5.91 Å². The molecule has 6 heteroatoms. The highest BCUT2D eigenvalue weighted by Crippen LogP contribution is 2.21.